The van der Waals surface area contributed by atoms with E-state index in [1.807, 2.05) is 0 Å². The van der Waals surface area contributed by atoms with Crippen molar-refractivity contribution in [3.63, 3.8) is 0 Å². The van der Waals surface area contributed by atoms with Gasteiger partial charge in [-0.3, -0.25) is 0 Å². The molecule has 0 atom stereocenters. The van der Waals surface area contributed by atoms with Crippen molar-refractivity contribution in [1.82, 2.24) is 0 Å². The van der Waals surface area contributed by atoms with Crippen LogP contribution < -0.4 is 103 Å². The van der Waals surface area contributed by atoms with Crippen molar-refractivity contribution < 1.29 is 253 Å². The Kier molecular flexibility index (Phi) is 5330. The predicted molar refractivity (Wildman–Crippen MR) is 7.55 cm³/mol. The molecule has 0 saturated carbocycles. The molecule has 11 nitrogen and oxygen atoms in total. The van der Waals surface area contributed by atoms with Gasteiger partial charge in [-0.2, -0.15) is 0 Å². The van der Waals surface area contributed by atoms with Gasteiger partial charge in [0.05, 0.1) is 0 Å². The van der Waals surface area contributed by atoms with E-state index in [2.05, 4.69) is 0 Å². The van der Waals surface area contributed by atoms with Gasteiger partial charge in [-0.1, -0.05) is 0 Å². The molecule has 0 aromatic rings. The minimum atomic E-state index is 0. The third-order valence-corrected chi connectivity index (χ3v) is 0. The first-order valence-electron chi connectivity index (χ1n) is 0. The molecule has 0 unspecified atom stereocenters. The van der Waals surface area contributed by atoms with Crippen molar-refractivity contribution in [3.05, 3.63) is 0 Å². The van der Waals surface area contributed by atoms with Crippen molar-refractivity contribution in [1.29, 1.82) is 0 Å². The fourth-order valence-electron chi connectivity index (χ4n) is 0. The van der Waals surface area contributed by atoms with E-state index in [9.17, 15) is 0 Å². The molecule has 0 aliphatic heterocycles. The summed E-state index contributed by atoms with van der Waals surface area (Å²) >= 11 is 0. The first-order chi connectivity index (χ1) is 0. The zero-order valence-electron chi connectivity index (χ0n) is 8.28. The van der Waals surface area contributed by atoms with Gasteiger partial charge in [0, 0.05) is 0 Å². The standard InChI is InChI=1S/2K.2Nb.11O.2Ta/q2*+1;2*+5;11*-2;2*+5. The van der Waals surface area contributed by atoms with E-state index in [0.717, 1.165) is 0 Å². The molecule has 0 aliphatic rings. The molecular formula is K2Nb2O11Ta2. The van der Waals surface area contributed by atoms with Gasteiger partial charge >= 0.3 is 192 Å². The SMILES string of the molecule is [K+].[K+].[Nb+5].[Nb+5].[O-2].[O-2].[O-2].[O-2].[O-2].[O-2].[O-2].[O-2].[O-2].[O-2].[O-2].[Ta+5].[Ta+5]. The van der Waals surface area contributed by atoms with E-state index in [0.29, 0.717) is 0 Å². The van der Waals surface area contributed by atoms with Crippen molar-refractivity contribution >= 4 is 0 Å². The smallest absolute Gasteiger partial charge is 2.00 e. The van der Waals surface area contributed by atoms with Crippen LogP contribution >= 0.6 is 0 Å². The first-order valence-corrected chi connectivity index (χ1v) is 0. The van der Waals surface area contributed by atoms with Crippen LogP contribution in [0.1, 0.15) is 0 Å². The van der Waals surface area contributed by atoms with Crippen LogP contribution in [0.5, 0.6) is 0 Å². The zero-order valence-corrected chi connectivity index (χ0v) is 25.3. The van der Waals surface area contributed by atoms with Gasteiger partial charge < -0.3 is 60.2 Å². The van der Waals surface area contributed by atoms with Crippen LogP contribution in [0.25, 0.3) is 0 Å². The second-order valence-corrected chi connectivity index (χ2v) is 0. The van der Waals surface area contributed by atoms with Crippen LogP contribution in [0.2, 0.25) is 0 Å². The average Bonchev–Trinajstić information content (AvgIpc) is 0. The molecule has 0 radical (unpaired) electrons. The molecule has 0 aliphatic carbocycles. The Bertz CT molecular complexity index is 25.4. The fraction of sp³-hybridized carbons (Fsp3) is 0. The van der Waals surface area contributed by atoms with Crippen LogP contribution in [0, 0.1) is 0 Å². The monoisotopic (exact) mass is 802 g/mol. The van der Waals surface area contributed by atoms with Gasteiger partial charge in [-0.05, 0) is 0 Å². The Morgan fingerprint density at radius 1 is 0.235 bits per heavy atom. The van der Waals surface area contributed by atoms with Crippen LogP contribution in [-0.4, -0.2) is 0 Å². The van der Waals surface area contributed by atoms with Gasteiger partial charge in [-0.25, -0.2) is 0 Å². The van der Waals surface area contributed by atoms with Crippen LogP contribution in [0.4, 0.5) is 0 Å². The second-order valence-electron chi connectivity index (χ2n) is 0. The molecule has 0 rings (SSSR count). The molecule has 0 heterocycles. The average molecular weight is 802 g/mol. The summed E-state index contributed by atoms with van der Waals surface area (Å²) in [5.41, 5.74) is 0. The molecule has 0 aromatic heterocycles. The molecule has 17 heteroatoms. The van der Waals surface area contributed by atoms with E-state index in [1.54, 1.807) is 0 Å². The predicted octanol–water partition coefficient (Wildman–Crippen LogP) is -7.31. The van der Waals surface area contributed by atoms with Crippen molar-refractivity contribution in [3.8, 4) is 0 Å². The first kappa shape index (κ1) is 323. The van der Waals surface area contributed by atoms with Crippen molar-refractivity contribution in [2.75, 3.05) is 0 Å². The molecule has 0 amide bonds. The topological polar surface area (TPSA) is 314 Å². The fourth-order valence-corrected chi connectivity index (χ4v) is 0. The molecule has 0 spiro atoms. The minimum Gasteiger partial charge on any atom is -2.00 e. The normalized spacial score (nSPS) is 0. The third kappa shape index (κ3) is 254. The molecule has 17 heavy (non-hydrogen) atoms. The van der Waals surface area contributed by atoms with Crippen LogP contribution in [0.3, 0.4) is 0 Å². The summed E-state index contributed by atoms with van der Waals surface area (Å²) in [6, 6.07) is 0. The zero-order chi connectivity index (χ0) is 0. The van der Waals surface area contributed by atoms with Gasteiger partial charge in [-0.15, -0.1) is 0 Å². The number of hydrogen-bond acceptors (Lipinski definition) is 0. The Balaban J connectivity index is 0. The molecule has 0 fully saturated rings. The van der Waals surface area contributed by atoms with Crippen LogP contribution in [0.15, 0.2) is 0 Å². The van der Waals surface area contributed by atoms with E-state index in [-0.39, 0.29) is 253 Å². The summed E-state index contributed by atoms with van der Waals surface area (Å²) in [5, 5.41) is 0. The minimum absolute atomic E-state index is 0. The molecule has 0 N–H and O–H groups in total. The van der Waals surface area contributed by atoms with Crippen molar-refractivity contribution in [2.45, 2.75) is 0 Å². The Hall–Kier alpha value is 5.79. The molecule has 0 aromatic carbocycles. The summed E-state index contributed by atoms with van der Waals surface area (Å²) in [4.78, 5) is 0. The van der Waals surface area contributed by atoms with Gasteiger partial charge in [0.25, 0.3) is 0 Å². The number of rotatable bonds is 0. The maximum atomic E-state index is 0. The van der Waals surface area contributed by atoms with Crippen LogP contribution in [-0.2, 0) is 150 Å². The third-order valence-electron chi connectivity index (χ3n) is 0. The summed E-state index contributed by atoms with van der Waals surface area (Å²) in [7, 11) is 0. The molecule has 0 bridgehead atoms. The largest absolute Gasteiger partial charge is 5.00 e. The maximum absolute atomic E-state index is 0. The summed E-state index contributed by atoms with van der Waals surface area (Å²) in [5.74, 6) is 0. The van der Waals surface area contributed by atoms with E-state index in [1.165, 1.54) is 0 Å². The number of hydrogen-bond donors (Lipinski definition) is 0. The van der Waals surface area contributed by atoms with Gasteiger partial charge in [0.2, 0.25) is 0 Å². The van der Waals surface area contributed by atoms with Gasteiger partial charge in [0.15, 0.2) is 0 Å². The Morgan fingerprint density at radius 2 is 0.235 bits per heavy atom. The Labute approximate surface area is 246 Å². The Morgan fingerprint density at radius 3 is 0.235 bits per heavy atom. The van der Waals surface area contributed by atoms with Crippen molar-refractivity contribution in [2.24, 2.45) is 0 Å². The molecule has 88 valence electrons. The van der Waals surface area contributed by atoms with E-state index >= 15 is 0 Å². The summed E-state index contributed by atoms with van der Waals surface area (Å²) in [6.07, 6.45) is 0. The maximum Gasteiger partial charge on any atom is 5.00 e. The molecular weight excluding hydrogens is 802 g/mol. The molecule has 0 saturated heterocycles. The van der Waals surface area contributed by atoms with E-state index < -0.39 is 0 Å². The van der Waals surface area contributed by atoms with Gasteiger partial charge in [0.1, 0.15) is 0 Å². The summed E-state index contributed by atoms with van der Waals surface area (Å²) in [6.45, 7) is 0. The van der Waals surface area contributed by atoms with E-state index in [4.69, 9.17) is 0 Å². The summed E-state index contributed by atoms with van der Waals surface area (Å²) < 4.78 is 0. The quantitative estimate of drug-likeness (QED) is 0.206. The second kappa shape index (κ2) is 281.